The van der Waals surface area contributed by atoms with E-state index in [0.717, 1.165) is 0 Å². The third-order valence-corrected chi connectivity index (χ3v) is 2.46. The Hall–Kier alpha value is -2.37. The molecule has 0 saturated heterocycles. The molecule has 0 atom stereocenters. The Balaban J connectivity index is 2.03. The summed E-state index contributed by atoms with van der Waals surface area (Å²) in [6, 6.07) is 6.57. The first kappa shape index (κ1) is 9.83. The van der Waals surface area contributed by atoms with Crippen molar-refractivity contribution in [2.75, 3.05) is 0 Å². The summed E-state index contributed by atoms with van der Waals surface area (Å²) < 4.78 is 15.0. The molecule has 0 saturated carbocycles. The summed E-state index contributed by atoms with van der Waals surface area (Å²) in [5.74, 6) is -0.259. The Labute approximate surface area is 95.9 Å². The Morgan fingerprint density at radius 3 is 3.00 bits per heavy atom. The fourth-order valence-electron chi connectivity index (χ4n) is 1.62. The molecule has 0 aliphatic carbocycles. The van der Waals surface area contributed by atoms with Crippen molar-refractivity contribution in [3.8, 4) is 0 Å². The molecule has 84 valence electrons. The second kappa shape index (κ2) is 3.89. The lowest BCUT2D eigenvalue weighted by molar-refractivity contribution is 0.582. The maximum Gasteiger partial charge on any atom is 0.181 e. The van der Waals surface area contributed by atoms with Gasteiger partial charge in [0.15, 0.2) is 11.2 Å². The van der Waals surface area contributed by atoms with Crippen molar-refractivity contribution in [1.82, 2.24) is 25.0 Å². The van der Waals surface area contributed by atoms with Crippen LogP contribution < -0.4 is 0 Å². The van der Waals surface area contributed by atoms with Gasteiger partial charge in [0.1, 0.15) is 12.1 Å². The lowest BCUT2D eigenvalue weighted by Crippen LogP contribution is -2.04. The number of hydrogen-bond donors (Lipinski definition) is 0. The lowest BCUT2D eigenvalue weighted by Gasteiger charge is -2.02. The molecule has 2 heterocycles. The Kier molecular flexibility index (Phi) is 2.25. The van der Waals surface area contributed by atoms with Crippen molar-refractivity contribution in [3.63, 3.8) is 0 Å². The molecule has 0 aliphatic heterocycles. The molecule has 6 heteroatoms. The molecule has 0 radical (unpaired) electrons. The predicted octanol–water partition coefficient (Wildman–Crippen LogP) is 1.41. The van der Waals surface area contributed by atoms with Gasteiger partial charge < -0.3 is 0 Å². The van der Waals surface area contributed by atoms with E-state index in [9.17, 15) is 4.39 Å². The standard InChI is InChI=1S/C11H8FN5/c12-9-4-2-1-3-8(9)6-17-11-10(15-16-17)5-13-7-14-11/h1-5,7H,6H2. The van der Waals surface area contributed by atoms with Crippen LogP contribution in [0.3, 0.4) is 0 Å². The zero-order chi connectivity index (χ0) is 11.7. The summed E-state index contributed by atoms with van der Waals surface area (Å²) in [7, 11) is 0. The van der Waals surface area contributed by atoms with Gasteiger partial charge in [0.25, 0.3) is 0 Å². The van der Waals surface area contributed by atoms with Gasteiger partial charge in [-0.2, -0.15) is 0 Å². The van der Waals surface area contributed by atoms with Crippen LogP contribution in [0.5, 0.6) is 0 Å². The first-order chi connectivity index (χ1) is 8.34. The van der Waals surface area contributed by atoms with E-state index in [-0.39, 0.29) is 5.82 Å². The second-order valence-electron chi connectivity index (χ2n) is 3.57. The van der Waals surface area contributed by atoms with Crippen molar-refractivity contribution >= 4 is 11.2 Å². The van der Waals surface area contributed by atoms with Crippen LogP contribution >= 0.6 is 0 Å². The van der Waals surface area contributed by atoms with Crippen LogP contribution in [0, 0.1) is 5.82 Å². The van der Waals surface area contributed by atoms with Gasteiger partial charge in [0.2, 0.25) is 0 Å². The van der Waals surface area contributed by atoms with Crippen LogP contribution in [0.15, 0.2) is 36.8 Å². The summed E-state index contributed by atoms with van der Waals surface area (Å²) in [6.07, 6.45) is 3.00. The Bertz CT molecular complexity index is 664. The number of benzene rings is 1. The highest BCUT2D eigenvalue weighted by Gasteiger charge is 2.08. The number of fused-ring (bicyclic) bond motifs is 1. The molecule has 0 unspecified atom stereocenters. The van der Waals surface area contributed by atoms with Crippen molar-refractivity contribution in [1.29, 1.82) is 0 Å². The van der Waals surface area contributed by atoms with Crippen molar-refractivity contribution in [2.24, 2.45) is 0 Å². The second-order valence-corrected chi connectivity index (χ2v) is 3.57. The van der Waals surface area contributed by atoms with Gasteiger partial charge in [-0.25, -0.2) is 19.0 Å². The van der Waals surface area contributed by atoms with Crippen LogP contribution in [0.1, 0.15) is 5.56 Å². The molecule has 3 rings (SSSR count). The van der Waals surface area contributed by atoms with Crippen LogP contribution in [-0.2, 0) is 6.54 Å². The third-order valence-electron chi connectivity index (χ3n) is 2.46. The van der Waals surface area contributed by atoms with E-state index >= 15 is 0 Å². The summed E-state index contributed by atoms with van der Waals surface area (Å²) in [6.45, 7) is 0.306. The Morgan fingerprint density at radius 2 is 2.12 bits per heavy atom. The molecule has 2 aromatic heterocycles. The normalized spacial score (nSPS) is 10.9. The zero-order valence-corrected chi connectivity index (χ0v) is 8.79. The van der Waals surface area contributed by atoms with Crippen LogP contribution in [0.2, 0.25) is 0 Å². The van der Waals surface area contributed by atoms with Crippen molar-refractivity contribution in [2.45, 2.75) is 6.54 Å². The van der Waals surface area contributed by atoms with E-state index < -0.39 is 0 Å². The van der Waals surface area contributed by atoms with E-state index in [1.165, 1.54) is 12.4 Å². The van der Waals surface area contributed by atoms with Gasteiger partial charge in [0, 0.05) is 5.56 Å². The fourth-order valence-corrected chi connectivity index (χ4v) is 1.62. The maximum atomic E-state index is 13.5. The van der Waals surface area contributed by atoms with Gasteiger partial charge >= 0.3 is 0 Å². The predicted molar refractivity (Wildman–Crippen MR) is 58.6 cm³/mol. The smallest absolute Gasteiger partial charge is 0.181 e. The minimum atomic E-state index is -0.259. The molecule has 17 heavy (non-hydrogen) atoms. The first-order valence-corrected chi connectivity index (χ1v) is 5.07. The minimum absolute atomic E-state index is 0.259. The third kappa shape index (κ3) is 1.73. The minimum Gasteiger partial charge on any atom is -0.242 e. The van der Waals surface area contributed by atoms with Gasteiger partial charge in [-0.3, -0.25) is 0 Å². The highest BCUT2D eigenvalue weighted by Crippen LogP contribution is 2.11. The highest BCUT2D eigenvalue weighted by molar-refractivity contribution is 5.67. The summed E-state index contributed by atoms with van der Waals surface area (Å²) in [5, 5.41) is 7.84. The molecule has 0 amide bonds. The molecule has 0 N–H and O–H groups in total. The molecule has 1 aromatic carbocycles. The fraction of sp³-hybridized carbons (Fsp3) is 0.0909. The molecule has 0 fully saturated rings. The molecule has 5 nitrogen and oxygen atoms in total. The van der Waals surface area contributed by atoms with Crippen molar-refractivity contribution < 1.29 is 4.39 Å². The molecule has 3 aromatic rings. The quantitative estimate of drug-likeness (QED) is 0.666. The van der Waals surface area contributed by atoms with Crippen LogP contribution in [-0.4, -0.2) is 25.0 Å². The van der Waals surface area contributed by atoms with E-state index in [1.54, 1.807) is 29.1 Å². The van der Waals surface area contributed by atoms with E-state index in [2.05, 4.69) is 20.3 Å². The average molecular weight is 229 g/mol. The van der Waals surface area contributed by atoms with Gasteiger partial charge in [-0.05, 0) is 6.07 Å². The molecule has 0 aliphatic rings. The highest BCUT2D eigenvalue weighted by atomic mass is 19.1. The molecular formula is C11H8FN5. The topological polar surface area (TPSA) is 56.5 Å². The van der Waals surface area contributed by atoms with Crippen molar-refractivity contribution in [3.05, 3.63) is 48.2 Å². The molecular weight excluding hydrogens is 221 g/mol. The zero-order valence-electron chi connectivity index (χ0n) is 8.79. The first-order valence-electron chi connectivity index (χ1n) is 5.07. The van der Waals surface area contributed by atoms with Gasteiger partial charge in [-0.1, -0.05) is 23.4 Å². The van der Waals surface area contributed by atoms with Crippen LogP contribution in [0.25, 0.3) is 11.2 Å². The monoisotopic (exact) mass is 229 g/mol. The largest absolute Gasteiger partial charge is 0.242 e. The van der Waals surface area contributed by atoms with E-state index in [1.807, 2.05) is 0 Å². The Morgan fingerprint density at radius 1 is 1.24 bits per heavy atom. The number of halogens is 1. The SMILES string of the molecule is Fc1ccccc1Cn1nnc2cncnc21. The molecule has 0 spiro atoms. The van der Waals surface area contributed by atoms with Gasteiger partial charge in [-0.15, -0.1) is 5.10 Å². The number of hydrogen-bond acceptors (Lipinski definition) is 4. The maximum absolute atomic E-state index is 13.5. The lowest BCUT2D eigenvalue weighted by atomic mass is 10.2. The van der Waals surface area contributed by atoms with E-state index in [0.29, 0.717) is 23.3 Å². The van der Waals surface area contributed by atoms with Gasteiger partial charge in [0.05, 0.1) is 12.7 Å². The number of nitrogens with zero attached hydrogens (tertiary/aromatic N) is 5. The molecule has 0 bridgehead atoms. The average Bonchev–Trinajstić information content (AvgIpc) is 2.76. The summed E-state index contributed by atoms with van der Waals surface area (Å²) >= 11 is 0. The number of rotatable bonds is 2. The summed E-state index contributed by atoms with van der Waals surface area (Å²) in [5.41, 5.74) is 1.75. The summed E-state index contributed by atoms with van der Waals surface area (Å²) in [4.78, 5) is 7.92. The van der Waals surface area contributed by atoms with Crippen LogP contribution in [0.4, 0.5) is 4.39 Å². The number of aromatic nitrogens is 5. The van der Waals surface area contributed by atoms with E-state index in [4.69, 9.17) is 0 Å².